The molecule has 0 saturated heterocycles. The van der Waals surface area contributed by atoms with E-state index >= 15 is 0 Å². The molecule has 0 saturated carbocycles. The Morgan fingerprint density at radius 3 is 2.75 bits per heavy atom. The zero-order valence-corrected chi connectivity index (χ0v) is 13.6. The lowest BCUT2D eigenvalue weighted by atomic mass is 9.83. The summed E-state index contributed by atoms with van der Waals surface area (Å²) in [5.41, 5.74) is 3.04. The van der Waals surface area contributed by atoms with E-state index in [4.69, 9.17) is 4.74 Å². The third kappa shape index (κ3) is 3.76. The summed E-state index contributed by atoms with van der Waals surface area (Å²) in [5.74, 6) is 1.10. The molecular formula is C18H29NO. The molecule has 0 spiro atoms. The first-order valence-corrected chi connectivity index (χ1v) is 7.83. The average Bonchev–Trinajstić information content (AvgIpc) is 2.74. The number of hydrogen-bond donors (Lipinski definition) is 1. The molecule has 0 fully saturated rings. The number of aryl methyl sites for hydroxylation is 1. The highest BCUT2D eigenvalue weighted by atomic mass is 16.5. The Morgan fingerprint density at radius 2 is 2.10 bits per heavy atom. The smallest absolute Gasteiger partial charge is 0.123 e. The second kappa shape index (κ2) is 6.17. The number of nitrogens with one attached hydrogen (secondary N) is 1. The molecule has 0 radical (unpaired) electrons. The Morgan fingerprint density at radius 1 is 1.35 bits per heavy atom. The van der Waals surface area contributed by atoms with Crippen molar-refractivity contribution in [1.29, 1.82) is 0 Å². The summed E-state index contributed by atoms with van der Waals surface area (Å²) >= 11 is 0. The Labute approximate surface area is 123 Å². The van der Waals surface area contributed by atoms with Crippen molar-refractivity contribution in [2.75, 3.05) is 7.05 Å². The highest BCUT2D eigenvalue weighted by molar-refractivity contribution is 5.40. The molecule has 2 atom stereocenters. The van der Waals surface area contributed by atoms with Gasteiger partial charge in [0, 0.05) is 12.5 Å². The largest absolute Gasteiger partial charge is 0.490 e. The highest BCUT2D eigenvalue weighted by Gasteiger charge is 2.25. The predicted molar refractivity (Wildman–Crippen MR) is 85.5 cm³/mol. The molecular weight excluding hydrogens is 246 g/mol. The van der Waals surface area contributed by atoms with Gasteiger partial charge in [0.1, 0.15) is 11.9 Å². The number of hydrogen-bond acceptors (Lipinski definition) is 2. The molecule has 1 aliphatic rings. The van der Waals surface area contributed by atoms with Gasteiger partial charge in [0.2, 0.25) is 0 Å². The number of ether oxygens (including phenoxy) is 1. The quantitative estimate of drug-likeness (QED) is 0.873. The molecule has 0 amide bonds. The second-order valence-electron chi connectivity index (χ2n) is 7.19. The van der Waals surface area contributed by atoms with Gasteiger partial charge in [0.25, 0.3) is 0 Å². The summed E-state index contributed by atoms with van der Waals surface area (Å²) in [6, 6.07) is 7.10. The van der Waals surface area contributed by atoms with Gasteiger partial charge in [-0.05, 0) is 50.3 Å². The minimum Gasteiger partial charge on any atom is -0.490 e. The summed E-state index contributed by atoms with van der Waals surface area (Å²) in [5, 5.41) is 3.45. The van der Waals surface area contributed by atoms with E-state index in [0.717, 1.165) is 18.6 Å². The lowest BCUT2D eigenvalue weighted by Gasteiger charge is -2.30. The van der Waals surface area contributed by atoms with E-state index in [0.29, 0.717) is 17.6 Å². The maximum absolute atomic E-state index is 6.04. The van der Waals surface area contributed by atoms with Crippen LogP contribution in [0.1, 0.15) is 51.2 Å². The lowest BCUT2D eigenvalue weighted by molar-refractivity contribution is 0.203. The van der Waals surface area contributed by atoms with Crippen molar-refractivity contribution in [3.05, 3.63) is 29.3 Å². The van der Waals surface area contributed by atoms with E-state index < -0.39 is 0 Å². The first-order valence-electron chi connectivity index (χ1n) is 7.83. The van der Waals surface area contributed by atoms with Crippen molar-refractivity contribution < 1.29 is 4.74 Å². The Bertz CT molecular complexity index is 447. The van der Waals surface area contributed by atoms with E-state index in [9.17, 15) is 0 Å². The monoisotopic (exact) mass is 275 g/mol. The molecule has 20 heavy (non-hydrogen) atoms. The summed E-state index contributed by atoms with van der Waals surface area (Å²) < 4.78 is 6.04. The van der Waals surface area contributed by atoms with Gasteiger partial charge in [-0.2, -0.15) is 0 Å². The first-order chi connectivity index (χ1) is 9.40. The average molecular weight is 275 g/mol. The van der Waals surface area contributed by atoms with E-state index in [2.05, 4.69) is 58.3 Å². The molecule has 2 heteroatoms. The third-order valence-corrected chi connectivity index (χ3v) is 4.37. The van der Waals surface area contributed by atoms with Crippen LogP contribution in [-0.2, 0) is 6.42 Å². The molecule has 2 unspecified atom stereocenters. The molecule has 1 N–H and O–H groups in total. The maximum atomic E-state index is 6.04. The van der Waals surface area contributed by atoms with Crippen molar-refractivity contribution in [1.82, 2.24) is 5.32 Å². The van der Waals surface area contributed by atoms with Gasteiger partial charge in [-0.1, -0.05) is 38.5 Å². The fourth-order valence-corrected chi connectivity index (χ4v) is 3.17. The third-order valence-electron chi connectivity index (χ3n) is 4.37. The zero-order chi connectivity index (χ0) is 14.8. The first kappa shape index (κ1) is 15.4. The molecule has 1 aromatic rings. The summed E-state index contributed by atoms with van der Waals surface area (Å²) in [6.07, 6.45) is 5.05. The lowest BCUT2D eigenvalue weighted by Crippen LogP contribution is -2.38. The van der Waals surface area contributed by atoms with Gasteiger partial charge < -0.3 is 10.1 Å². The van der Waals surface area contributed by atoms with E-state index in [1.807, 2.05) is 0 Å². The summed E-state index contributed by atoms with van der Waals surface area (Å²) in [7, 11) is 2.07. The van der Waals surface area contributed by atoms with Crippen LogP contribution in [0.2, 0.25) is 0 Å². The van der Waals surface area contributed by atoms with Crippen LogP contribution in [0.25, 0.3) is 0 Å². The molecule has 0 bridgehead atoms. The van der Waals surface area contributed by atoms with Crippen molar-refractivity contribution in [2.24, 2.45) is 5.41 Å². The Kier molecular flexibility index (Phi) is 4.74. The SMILES string of the molecule is CNC(CCCC1Cc2cc(C)ccc2O1)C(C)(C)C. The van der Waals surface area contributed by atoms with Crippen molar-refractivity contribution in [2.45, 2.75) is 65.5 Å². The van der Waals surface area contributed by atoms with Crippen LogP contribution in [0, 0.1) is 12.3 Å². The van der Waals surface area contributed by atoms with Gasteiger partial charge in [0.15, 0.2) is 0 Å². The van der Waals surface area contributed by atoms with Gasteiger partial charge in [-0.25, -0.2) is 0 Å². The van der Waals surface area contributed by atoms with Gasteiger partial charge in [-0.15, -0.1) is 0 Å². The topological polar surface area (TPSA) is 21.3 Å². The number of fused-ring (bicyclic) bond motifs is 1. The molecule has 112 valence electrons. The van der Waals surface area contributed by atoms with Gasteiger partial charge in [-0.3, -0.25) is 0 Å². The van der Waals surface area contributed by atoms with Gasteiger partial charge >= 0.3 is 0 Å². The predicted octanol–water partition coefficient (Wildman–Crippen LogP) is 4.10. The fraction of sp³-hybridized carbons (Fsp3) is 0.667. The number of benzene rings is 1. The van der Waals surface area contributed by atoms with Gasteiger partial charge in [0.05, 0.1) is 0 Å². The van der Waals surface area contributed by atoms with E-state index in [1.165, 1.54) is 24.0 Å². The molecule has 0 aliphatic carbocycles. The van der Waals surface area contributed by atoms with Crippen molar-refractivity contribution in [3.8, 4) is 5.75 Å². The Hall–Kier alpha value is -1.02. The zero-order valence-electron chi connectivity index (χ0n) is 13.6. The Balaban J connectivity index is 1.80. The molecule has 0 aromatic heterocycles. The van der Waals surface area contributed by atoms with Crippen LogP contribution in [0.5, 0.6) is 5.75 Å². The molecule has 1 aliphatic heterocycles. The number of rotatable bonds is 5. The molecule has 2 nitrogen and oxygen atoms in total. The van der Waals surface area contributed by atoms with Crippen molar-refractivity contribution in [3.63, 3.8) is 0 Å². The van der Waals surface area contributed by atoms with E-state index in [-0.39, 0.29) is 0 Å². The van der Waals surface area contributed by atoms with Crippen LogP contribution < -0.4 is 10.1 Å². The second-order valence-corrected chi connectivity index (χ2v) is 7.19. The normalized spacial score (nSPS) is 19.6. The standard InChI is InChI=1S/C18H29NO/c1-13-9-10-16-14(11-13)12-15(20-16)7-6-8-17(19-5)18(2,3)4/h9-11,15,17,19H,6-8,12H2,1-5H3. The maximum Gasteiger partial charge on any atom is 0.123 e. The molecule has 2 rings (SSSR count). The van der Waals surface area contributed by atoms with Crippen LogP contribution in [0.3, 0.4) is 0 Å². The fourth-order valence-electron chi connectivity index (χ4n) is 3.17. The van der Waals surface area contributed by atoms with Crippen LogP contribution in [0.4, 0.5) is 0 Å². The minimum atomic E-state index is 0.325. The summed E-state index contributed by atoms with van der Waals surface area (Å²) in [4.78, 5) is 0. The molecule has 1 heterocycles. The molecule has 1 aromatic carbocycles. The van der Waals surface area contributed by atoms with E-state index in [1.54, 1.807) is 0 Å². The van der Waals surface area contributed by atoms with Crippen LogP contribution in [-0.4, -0.2) is 19.2 Å². The highest BCUT2D eigenvalue weighted by Crippen LogP contribution is 2.32. The minimum absolute atomic E-state index is 0.325. The van der Waals surface area contributed by atoms with Crippen LogP contribution >= 0.6 is 0 Å². The van der Waals surface area contributed by atoms with Crippen LogP contribution in [0.15, 0.2) is 18.2 Å². The summed E-state index contributed by atoms with van der Waals surface area (Å²) in [6.45, 7) is 9.06. The van der Waals surface area contributed by atoms with Crippen molar-refractivity contribution >= 4 is 0 Å².